The quantitative estimate of drug-likeness (QED) is 0.749. The average molecular weight is 338 g/mol. The first kappa shape index (κ1) is 17.1. The molecule has 0 spiro atoms. The molecule has 1 atom stereocenters. The summed E-state index contributed by atoms with van der Waals surface area (Å²) in [5, 5.41) is 16.3. The van der Waals surface area contributed by atoms with Crippen LogP contribution >= 0.6 is 0 Å². The number of fused-ring (bicyclic) bond motifs is 1. The molecule has 3 aromatic rings. The number of carbonyl (C=O) groups excluding carboxylic acids is 1. The van der Waals surface area contributed by atoms with Crippen molar-refractivity contribution in [1.82, 2.24) is 19.9 Å². The van der Waals surface area contributed by atoms with E-state index in [1.54, 1.807) is 17.6 Å². The van der Waals surface area contributed by atoms with Gasteiger partial charge < -0.3 is 10.4 Å². The van der Waals surface area contributed by atoms with Crippen LogP contribution in [0.2, 0.25) is 0 Å². The van der Waals surface area contributed by atoms with Crippen LogP contribution in [-0.2, 0) is 0 Å². The summed E-state index contributed by atoms with van der Waals surface area (Å²) in [5.41, 5.74) is 4.04. The Labute approximate surface area is 146 Å². The van der Waals surface area contributed by atoms with E-state index in [1.807, 2.05) is 6.07 Å². The summed E-state index contributed by atoms with van der Waals surface area (Å²) < 4.78 is 1.67. The lowest BCUT2D eigenvalue weighted by Crippen LogP contribution is -2.30. The van der Waals surface area contributed by atoms with E-state index in [9.17, 15) is 9.90 Å². The molecule has 0 saturated carbocycles. The maximum Gasteiger partial charge on any atom is 0.256 e. The molecule has 25 heavy (non-hydrogen) atoms. The number of carbonyl (C=O) groups is 1. The predicted molar refractivity (Wildman–Crippen MR) is 96.5 cm³/mol. The molecule has 2 heterocycles. The summed E-state index contributed by atoms with van der Waals surface area (Å²) in [6.45, 7) is 6.12. The van der Waals surface area contributed by atoms with Crippen LogP contribution in [0.15, 0.2) is 42.7 Å². The highest BCUT2D eigenvalue weighted by molar-refractivity contribution is 5.99. The highest BCUT2D eigenvalue weighted by Gasteiger charge is 2.16. The van der Waals surface area contributed by atoms with Gasteiger partial charge in [0.15, 0.2) is 5.65 Å². The molecule has 0 aliphatic rings. The number of nitrogens with zero attached hydrogens (tertiary/aromatic N) is 3. The van der Waals surface area contributed by atoms with Crippen LogP contribution in [0.1, 0.15) is 42.6 Å². The molecule has 1 aromatic carbocycles. The second-order valence-electron chi connectivity index (χ2n) is 6.46. The number of hydrogen-bond donors (Lipinski definition) is 2. The number of aliphatic hydroxyl groups is 1. The van der Waals surface area contributed by atoms with Gasteiger partial charge in [0, 0.05) is 18.3 Å². The Morgan fingerprint density at radius 2 is 1.92 bits per heavy atom. The van der Waals surface area contributed by atoms with E-state index < -0.39 is 6.10 Å². The highest BCUT2D eigenvalue weighted by atomic mass is 16.3. The highest BCUT2D eigenvalue weighted by Crippen LogP contribution is 2.23. The molecule has 3 rings (SSSR count). The third-order valence-corrected chi connectivity index (χ3v) is 4.08. The molecule has 0 aliphatic carbocycles. The van der Waals surface area contributed by atoms with Crippen LogP contribution in [0.25, 0.3) is 16.9 Å². The monoisotopic (exact) mass is 338 g/mol. The van der Waals surface area contributed by atoms with Gasteiger partial charge in [0.25, 0.3) is 5.91 Å². The molecule has 0 bridgehead atoms. The molecule has 1 unspecified atom stereocenters. The Bertz CT molecular complexity index is 882. The lowest BCUT2D eigenvalue weighted by molar-refractivity contribution is 0.0925. The van der Waals surface area contributed by atoms with Crippen molar-refractivity contribution in [2.75, 3.05) is 6.54 Å². The fourth-order valence-corrected chi connectivity index (χ4v) is 2.64. The minimum absolute atomic E-state index is 0.187. The predicted octanol–water partition coefficient (Wildman–Crippen LogP) is 2.63. The van der Waals surface area contributed by atoms with Gasteiger partial charge in [0.05, 0.1) is 18.0 Å². The fraction of sp³-hybridized carbons (Fsp3) is 0.316. The maximum atomic E-state index is 12.3. The van der Waals surface area contributed by atoms with E-state index in [-0.39, 0.29) is 12.5 Å². The van der Waals surface area contributed by atoms with Crippen LogP contribution in [0, 0.1) is 0 Å². The first-order valence-electron chi connectivity index (χ1n) is 8.36. The van der Waals surface area contributed by atoms with Crippen LogP contribution < -0.4 is 5.32 Å². The molecular formula is C19H22N4O2. The van der Waals surface area contributed by atoms with Crippen molar-refractivity contribution in [2.45, 2.75) is 32.8 Å². The zero-order valence-electron chi connectivity index (χ0n) is 14.6. The molecule has 0 fully saturated rings. The minimum Gasteiger partial charge on any atom is -0.392 e. The Morgan fingerprint density at radius 3 is 2.56 bits per heavy atom. The average Bonchev–Trinajstić information content (AvgIpc) is 3.04. The summed E-state index contributed by atoms with van der Waals surface area (Å²) in [4.78, 5) is 16.6. The van der Waals surface area contributed by atoms with E-state index in [0.29, 0.717) is 17.1 Å². The molecule has 0 radical (unpaired) electrons. The van der Waals surface area contributed by atoms with Crippen LogP contribution in [0.4, 0.5) is 0 Å². The summed E-state index contributed by atoms with van der Waals surface area (Å²) in [5.74, 6) is 0.177. The number of aromatic nitrogens is 3. The van der Waals surface area contributed by atoms with E-state index in [0.717, 1.165) is 11.3 Å². The zero-order valence-corrected chi connectivity index (χ0v) is 14.6. The van der Waals surface area contributed by atoms with Crippen LogP contribution in [-0.4, -0.2) is 38.3 Å². The molecule has 2 N–H and O–H groups in total. The summed E-state index contributed by atoms with van der Waals surface area (Å²) >= 11 is 0. The standard InChI is InChI=1S/C19H22N4O2/c1-12(2)14-4-6-15(7-5-14)17-8-9-20-18-16(11-22-23(17)18)19(25)21-10-13(3)24/h4-9,11-13,24H,10H2,1-3H3,(H,21,25). The number of rotatable bonds is 5. The van der Waals surface area contributed by atoms with Crippen molar-refractivity contribution in [3.63, 3.8) is 0 Å². The van der Waals surface area contributed by atoms with Gasteiger partial charge in [-0.25, -0.2) is 9.50 Å². The van der Waals surface area contributed by atoms with Crippen molar-refractivity contribution >= 4 is 11.6 Å². The lowest BCUT2D eigenvalue weighted by Gasteiger charge is -2.09. The Morgan fingerprint density at radius 1 is 1.20 bits per heavy atom. The third kappa shape index (κ3) is 3.53. The van der Waals surface area contributed by atoms with Gasteiger partial charge in [0.1, 0.15) is 5.56 Å². The van der Waals surface area contributed by atoms with Gasteiger partial charge in [-0.2, -0.15) is 5.10 Å². The SMILES string of the molecule is CC(O)CNC(=O)c1cnn2c(-c3ccc(C(C)C)cc3)ccnc12. The van der Waals surface area contributed by atoms with E-state index >= 15 is 0 Å². The Hall–Kier alpha value is -2.73. The normalized spacial score (nSPS) is 12.5. The second kappa shape index (κ2) is 7.03. The van der Waals surface area contributed by atoms with Gasteiger partial charge in [-0.15, -0.1) is 0 Å². The first-order valence-corrected chi connectivity index (χ1v) is 8.36. The molecule has 6 heteroatoms. The largest absolute Gasteiger partial charge is 0.392 e. The summed E-state index contributed by atoms with van der Waals surface area (Å²) in [7, 11) is 0. The maximum absolute atomic E-state index is 12.3. The van der Waals surface area contributed by atoms with E-state index in [2.05, 4.69) is 53.5 Å². The van der Waals surface area contributed by atoms with Crippen molar-refractivity contribution in [3.8, 4) is 11.3 Å². The van der Waals surface area contributed by atoms with Crippen molar-refractivity contribution < 1.29 is 9.90 Å². The lowest BCUT2D eigenvalue weighted by atomic mass is 10.0. The topological polar surface area (TPSA) is 79.5 Å². The van der Waals surface area contributed by atoms with Gasteiger partial charge in [-0.3, -0.25) is 4.79 Å². The van der Waals surface area contributed by atoms with Gasteiger partial charge in [0.2, 0.25) is 0 Å². The molecule has 2 aromatic heterocycles. The fourth-order valence-electron chi connectivity index (χ4n) is 2.64. The smallest absolute Gasteiger partial charge is 0.256 e. The Balaban J connectivity index is 1.97. The first-order chi connectivity index (χ1) is 12.0. The second-order valence-corrected chi connectivity index (χ2v) is 6.46. The molecule has 1 amide bonds. The Kier molecular flexibility index (Phi) is 4.81. The number of amides is 1. The van der Waals surface area contributed by atoms with Gasteiger partial charge in [-0.05, 0) is 24.5 Å². The van der Waals surface area contributed by atoms with Crippen molar-refractivity contribution in [2.24, 2.45) is 0 Å². The van der Waals surface area contributed by atoms with Gasteiger partial charge in [-0.1, -0.05) is 38.1 Å². The van der Waals surface area contributed by atoms with E-state index in [4.69, 9.17) is 0 Å². The zero-order chi connectivity index (χ0) is 18.0. The van der Waals surface area contributed by atoms with Crippen LogP contribution in [0.5, 0.6) is 0 Å². The molecule has 6 nitrogen and oxygen atoms in total. The molecule has 0 saturated heterocycles. The number of hydrogen-bond acceptors (Lipinski definition) is 4. The van der Waals surface area contributed by atoms with Crippen LogP contribution in [0.3, 0.4) is 0 Å². The van der Waals surface area contributed by atoms with Gasteiger partial charge >= 0.3 is 0 Å². The molecule has 130 valence electrons. The molecular weight excluding hydrogens is 316 g/mol. The van der Waals surface area contributed by atoms with E-state index in [1.165, 1.54) is 11.8 Å². The summed E-state index contributed by atoms with van der Waals surface area (Å²) in [6, 6.07) is 10.2. The molecule has 0 aliphatic heterocycles. The number of aliphatic hydroxyl groups excluding tert-OH is 1. The summed E-state index contributed by atoms with van der Waals surface area (Å²) in [6.07, 6.45) is 2.58. The van der Waals surface area contributed by atoms with Crippen molar-refractivity contribution in [1.29, 1.82) is 0 Å². The number of benzene rings is 1. The minimum atomic E-state index is -0.603. The van der Waals surface area contributed by atoms with Crippen molar-refractivity contribution in [3.05, 3.63) is 53.9 Å². The number of nitrogens with one attached hydrogen (secondary N) is 1. The third-order valence-electron chi connectivity index (χ3n) is 4.08.